The van der Waals surface area contributed by atoms with E-state index in [1.165, 1.54) is 12.1 Å². The smallest absolute Gasteiger partial charge is 0.226 e. The van der Waals surface area contributed by atoms with Crippen LogP contribution in [0.2, 0.25) is 0 Å². The van der Waals surface area contributed by atoms with Crippen molar-refractivity contribution in [3.8, 4) is 10.6 Å². The molecule has 1 aromatic carbocycles. The standard InChI is InChI=1S/C17H15FN2OS2/c18-14-3-1-2-12(8-14)4-6-19-16(21)9-15-11-23-17(20-15)13-5-7-22-10-13/h1-3,5,7-8,10-11H,4,6,9H2,(H,19,21). The van der Waals surface area contributed by atoms with E-state index in [0.717, 1.165) is 21.8 Å². The maximum atomic E-state index is 13.1. The normalized spacial score (nSPS) is 10.7. The van der Waals surface area contributed by atoms with Crippen molar-refractivity contribution in [1.29, 1.82) is 0 Å². The van der Waals surface area contributed by atoms with Gasteiger partial charge in [0.25, 0.3) is 0 Å². The van der Waals surface area contributed by atoms with Gasteiger partial charge in [-0.15, -0.1) is 11.3 Å². The zero-order valence-electron chi connectivity index (χ0n) is 12.3. The molecule has 6 heteroatoms. The average Bonchev–Trinajstić information content (AvgIpc) is 3.18. The molecule has 0 fully saturated rings. The average molecular weight is 346 g/mol. The molecule has 0 bridgehead atoms. The van der Waals surface area contributed by atoms with Gasteiger partial charge in [-0.25, -0.2) is 9.37 Å². The Kier molecular flexibility index (Phi) is 5.15. The summed E-state index contributed by atoms with van der Waals surface area (Å²) in [6, 6.07) is 8.44. The summed E-state index contributed by atoms with van der Waals surface area (Å²) in [5, 5.41) is 9.76. The van der Waals surface area contributed by atoms with Gasteiger partial charge in [-0.05, 0) is 35.6 Å². The minimum atomic E-state index is -0.253. The van der Waals surface area contributed by atoms with Crippen LogP contribution in [0.5, 0.6) is 0 Å². The molecular formula is C17H15FN2OS2. The van der Waals surface area contributed by atoms with Crippen LogP contribution in [0, 0.1) is 5.82 Å². The highest BCUT2D eigenvalue weighted by Crippen LogP contribution is 2.25. The zero-order chi connectivity index (χ0) is 16.1. The Morgan fingerprint density at radius 2 is 2.17 bits per heavy atom. The minimum absolute atomic E-state index is 0.0661. The summed E-state index contributed by atoms with van der Waals surface area (Å²) in [5.74, 6) is -0.319. The van der Waals surface area contributed by atoms with Gasteiger partial charge in [-0.3, -0.25) is 4.79 Å². The largest absolute Gasteiger partial charge is 0.355 e. The Morgan fingerprint density at radius 1 is 1.26 bits per heavy atom. The van der Waals surface area contributed by atoms with Gasteiger partial charge in [0.05, 0.1) is 12.1 Å². The molecule has 0 aliphatic heterocycles. The number of carbonyl (C=O) groups is 1. The molecule has 0 saturated heterocycles. The lowest BCUT2D eigenvalue weighted by Gasteiger charge is -2.04. The van der Waals surface area contributed by atoms with E-state index in [9.17, 15) is 9.18 Å². The number of rotatable bonds is 6. The fourth-order valence-electron chi connectivity index (χ4n) is 2.17. The highest BCUT2D eigenvalue weighted by molar-refractivity contribution is 7.14. The number of nitrogens with zero attached hydrogens (tertiary/aromatic N) is 1. The van der Waals surface area contributed by atoms with Crippen LogP contribution in [-0.2, 0) is 17.6 Å². The van der Waals surface area contributed by atoms with Crippen LogP contribution in [0.25, 0.3) is 10.6 Å². The zero-order valence-corrected chi connectivity index (χ0v) is 13.9. The van der Waals surface area contributed by atoms with E-state index in [1.54, 1.807) is 28.7 Å². The van der Waals surface area contributed by atoms with Gasteiger partial charge in [0.1, 0.15) is 10.8 Å². The van der Waals surface area contributed by atoms with E-state index in [4.69, 9.17) is 0 Å². The van der Waals surface area contributed by atoms with Gasteiger partial charge >= 0.3 is 0 Å². The van der Waals surface area contributed by atoms with Crippen LogP contribution in [0.3, 0.4) is 0 Å². The number of hydrogen-bond acceptors (Lipinski definition) is 4. The predicted octanol–water partition coefficient (Wildman–Crippen LogP) is 3.91. The van der Waals surface area contributed by atoms with Gasteiger partial charge in [-0.2, -0.15) is 11.3 Å². The predicted molar refractivity (Wildman–Crippen MR) is 92.2 cm³/mol. The number of benzene rings is 1. The Balaban J connectivity index is 1.48. The van der Waals surface area contributed by atoms with E-state index in [0.29, 0.717) is 13.0 Å². The van der Waals surface area contributed by atoms with Crippen molar-refractivity contribution in [2.75, 3.05) is 6.54 Å². The summed E-state index contributed by atoms with van der Waals surface area (Å²) < 4.78 is 13.1. The van der Waals surface area contributed by atoms with Crippen molar-refractivity contribution < 1.29 is 9.18 Å². The Bertz CT molecular complexity index is 784. The number of thiophene rings is 1. The first-order valence-corrected chi connectivity index (χ1v) is 9.01. The third kappa shape index (κ3) is 4.46. The maximum Gasteiger partial charge on any atom is 0.226 e. The lowest BCUT2D eigenvalue weighted by Crippen LogP contribution is -2.27. The molecule has 23 heavy (non-hydrogen) atoms. The van der Waals surface area contributed by atoms with Crippen LogP contribution >= 0.6 is 22.7 Å². The fraction of sp³-hybridized carbons (Fsp3) is 0.176. The van der Waals surface area contributed by atoms with E-state index in [2.05, 4.69) is 10.3 Å². The van der Waals surface area contributed by atoms with Crippen molar-refractivity contribution in [3.05, 3.63) is 63.5 Å². The van der Waals surface area contributed by atoms with Crippen molar-refractivity contribution in [2.24, 2.45) is 0 Å². The first-order valence-electron chi connectivity index (χ1n) is 7.19. The van der Waals surface area contributed by atoms with Crippen LogP contribution in [0.1, 0.15) is 11.3 Å². The Labute approximate surface area is 141 Å². The van der Waals surface area contributed by atoms with Gasteiger partial charge in [-0.1, -0.05) is 12.1 Å². The third-order valence-corrected chi connectivity index (χ3v) is 4.91. The second kappa shape index (κ2) is 7.48. The molecule has 2 aromatic heterocycles. The second-order valence-electron chi connectivity index (χ2n) is 5.06. The first-order chi connectivity index (χ1) is 11.2. The summed E-state index contributed by atoms with van der Waals surface area (Å²) in [6.07, 6.45) is 0.879. The maximum absolute atomic E-state index is 13.1. The number of thiazole rings is 1. The molecule has 0 spiro atoms. The third-order valence-electron chi connectivity index (χ3n) is 3.29. The molecule has 0 aliphatic rings. The number of aromatic nitrogens is 1. The Hall–Kier alpha value is -2.05. The molecule has 3 rings (SSSR count). The van der Waals surface area contributed by atoms with Gasteiger partial charge in [0.15, 0.2) is 0 Å². The number of amides is 1. The van der Waals surface area contributed by atoms with E-state index in [-0.39, 0.29) is 18.1 Å². The SMILES string of the molecule is O=C(Cc1csc(-c2ccsc2)n1)NCCc1cccc(F)c1. The van der Waals surface area contributed by atoms with Gasteiger partial charge in [0.2, 0.25) is 5.91 Å². The molecule has 3 nitrogen and oxygen atoms in total. The number of hydrogen-bond donors (Lipinski definition) is 1. The van der Waals surface area contributed by atoms with Crippen LogP contribution in [-0.4, -0.2) is 17.4 Å². The van der Waals surface area contributed by atoms with Crippen LogP contribution in [0.4, 0.5) is 4.39 Å². The fourth-order valence-corrected chi connectivity index (χ4v) is 3.70. The second-order valence-corrected chi connectivity index (χ2v) is 6.70. The van der Waals surface area contributed by atoms with Crippen LogP contribution < -0.4 is 5.32 Å². The lowest BCUT2D eigenvalue weighted by molar-refractivity contribution is -0.120. The van der Waals surface area contributed by atoms with Gasteiger partial charge < -0.3 is 5.32 Å². The number of nitrogens with one attached hydrogen (secondary N) is 1. The Morgan fingerprint density at radius 3 is 2.96 bits per heavy atom. The first kappa shape index (κ1) is 15.8. The van der Waals surface area contributed by atoms with Crippen molar-refractivity contribution in [2.45, 2.75) is 12.8 Å². The van der Waals surface area contributed by atoms with E-state index in [1.807, 2.05) is 28.3 Å². The molecule has 0 unspecified atom stereocenters. The molecular weight excluding hydrogens is 331 g/mol. The molecule has 118 valence electrons. The van der Waals surface area contributed by atoms with Crippen LogP contribution in [0.15, 0.2) is 46.5 Å². The summed E-state index contributed by atoms with van der Waals surface area (Å²) in [4.78, 5) is 16.4. The van der Waals surface area contributed by atoms with Gasteiger partial charge in [0, 0.05) is 22.9 Å². The summed E-state index contributed by atoms with van der Waals surface area (Å²) in [5.41, 5.74) is 2.75. The summed E-state index contributed by atoms with van der Waals surface area (Å²) >= 11 is 3.17. The molecule has 1 amide bonds. The molecule has 0 radical (unpaired) electrons. The molecule has 2 heterocycles. The van der Waals surface area contributed by atoms with Crippen molar-refractivity contribution in [1.82, 2.24) is 10.3 Å². The van der Waals surface area contributed by atoms with E-state index >= 15 is 0 Å². The monoisotopic (exact) mass is 346 g/mol. The molecule has 0 saturated carbocycles. The van der Waals surface area contributed by atoms with Crippen molar-refractivity contribution >= 4 is 28.6 Å². The lowest BCUT2D eigenvalue weighted by atomic mass is 10.1. The highest BCUT2D eigenvalue weighted by atomic mass is 32.1. The van der Waals surface area contributed by atoms with E-state index < -0.39 is 0 Å². The summed E-state index contributed by atoms with van der Waals surface area (Å²) in [6.45, 7) is 0.490. The molecule has 3 aromatic rings. The minimum Gasteiger partial charge on any atom is -0.355 e. The topological polar surface area (TPSA) is 42.0 Å². The molecule has 0 atom stereocenters. The van der Waals surface area contributed by atoms with Crippen molar-refractivity contribution in [3.63, 3.8) is 0 Å². The quantitative estimate of drug-likeness (QED) is 0.735. The molecule has 1 N–H and O–H groups in total. The highest BCUT2D eigenvalue weighted by Gasteiger charge is 2.09. The molecule has 0 aliphatic carbocycles. The number of halogens is 1. The number of carbonyl (C=O) groups excluding carboxylic acids is 1. The summed E-state index contributed by atoms with van der Waals surface area (Å²) in [7, 11) is 0.